The molecule has 8 nitrogen and oxygen atoms in total. The van der Waals surface area contributed by atoms with Crippen molar-refractivity contribution in [2.24, 2.45) is 0 Å². The number of methoxy groups -OCH3 is 1. The van der Waals surface area contributed by atoms with Crippen molar-refractivity contribution < 1.29 is 9.66 Å². The van der Waals surface area contributed by atoms with Crippen molar-refractivity contribution in [3.63, 3.8) is 0 Å². The third-order valence-electron chi connectivity index (χ3n) is 2.67. The van der Waals surface area contributed by atoms with Gasteiger partial charge in [-0.15, -0.1) is 0 Å². The van der Waals surface area contributed by atoms with Crippen LogP contribution in [0.4, 0.5) is 11.5 Å². The molecule has 8 heteroatoms. The monoisotopic (exact) mass is 285 g/mol. The first kappa shape index (κ1) is 14.2. The van der Waals surface area contributed by atoms with Crippen LogP contribution in [-0.4, -0.2) is 22.0 Å². The van der Waals surface area contributed by atoms with Gasteiger partial charge >= 0.3 is 0 Å². The second-order valence-electron chi connectivity index (χ2n) is 4.02. The van der Waals surface area contributed by atoms with Gasteiger partial charge in [-0.05, 0) is 11.6 Å². The highest BCUT2D eigenvalue weighted by Gasteiger charge is 2.12. The van der Waals surface area contributed by atoms with Crippen LogP contribution in [0.3, 0.4) is 0 Å². The summed E-state index contributed by atoms with van der Waals surface area (Å²) in [5.74, 6) is 0.769. The largest absolute Gasteiger partial charge is 0.481 e. The molecule has 0 aromatic carbocycles. The number of pyridine rings is 2. The van der Waals surface area contributed by atoms with Crippen LogP contribution < -0.4 is 10.1 Å². The first-order valence-electron chi connectivity index (χ1n) is 5.91. The van der Waals surface area contributed by atoms with Crippen LogP contribution in [0.25, 0.3) is 0 Å². The minimum Gasteiger partial charge on any atom is -0.481 e. The molecule has 21 heavy (non-hydrogen) atoms. The van der Waals surface area contributed by atoms with Crippen molar-refractivity contribution in [1.29, 1.82) is 5.26 Å². The number of anilines is 1. The molecule has 0 unspecified atom stereocenters. The van der Waals surface area contributed by atoms with Gasteiger partial charge in [-0.25, -0.2) is 9.97 Å². The van der Waals surface area contributed by atoms with E-state index in [2.05, 4.69) is 15.3 Å². The number of hydrogen-bond acceptors (Lipinski definition) is 7. The molecular formula is C13H11N5O3. The molecular weight excluding hydrogens is 274 g/mol. The quantitative estimate of drug-likeness (QED) is 0.658. The van der Waals surface area contributed by atoms with Crippen LogP contribution in [0.2, 0.25) is 0 Å². The third kappa shape index (κ3) is 3.42. The first-order chi connectivity index (χ1) is 10.1. The Kier molecular flexibility index (Phi) is 4.26. The summed E-state index contributed by atoms with van der Waals surface area (Å²) in [6.45, 7) is 0.387. The molecule has 0 aliphatic heterocycles. The van der Waals surface area contributed by atoms with E-state index in [-0.39, 0.29) is 11.3 Å². The Hall–Kier alpha value is -3.21. The molecule has 0 aliphatic carbocycles. The van der Waals surface area contributed by atoms with E-state index in [1.807, 2.05) is 6.07 Å². The van der Waals surface area contributed by atoms with Gasteiger partial charge in [-0.1, -0.05) is 0 Å². The lowest BCUT2D eigenvalue weighted by Gasteiger charge is -2.07. The molecule has 0 spiro atoms. The summed E-state index contributed by atoms with van der Waals surface area (Å²) < 4.78 is 5.01. The fourth-order valence-corrected chi connectivity index (χ4v) is 1.64. The van der Waals surface area contributed by atoms with Crippen molar-refractivity contribution in [1.82, 2.24) is 9.97 Å². The summed E-state index contributed by atoms with van der Waals surface area (Å²) in [5, 5.41) is 22.6. The van der Waals surface area contributed by atoms with Crippen molar-refractivity contribution in [3.8, 4) is 11.9 Å². The smallest absolute Gasteiger partial charge is 0.289 e. The van der Waals surface area contributed by atoms with Gasteiger partial charge in [0, 0.05) is 24.9 Å². The number of nitrogens with zero attached hydrogens (tertiary/aromatic N) is 4. The molecule has 0 amide bonds. The maximum absolute atomic E-state index is 10.6. The lowest BCUT2D eigenvalue weighted by atomic mass is 10.2. The Morgan fingerprint density at radius 1 is 1.48 bits per heavy atom. The van der Waals surface area contributed by atoms with Gasteiger partial charge in [0.1, 0.15) is 23.6 Å². The topological polar surface area (TPSA) is 114 Å². The lowest BCUT2D eigenvalue weighted by molar-refractivity contribution is -0.385. The van der Waals surface area contributed by atoms with Crippen LogP contribution in [0.1, 0.15) is 11.1 Å². The summed E-state index contributed by atoms with van der Waals surface area (Å²) in [6, 6.07) is 6.59. The molecule has 0 fully saturated rings. The minimum absolute atomic E-state index is 0.116. The van der Waals surface area contributed by atoms with Crippen LogP contribution in [0.5, 0.6) is 5.88 Å². The standard InChI is InChI=1S/C13H11N5O3/c1-21-12-4-9(2-3-15-12)7-16-13-10(6-14)5-11(8-17-13)18(19)20/h2-5,8H,7H2,1H3,(H,16,17). The second-order valence-corrected chi connectivity index (χ2v) is 4.02. The molecule has 2 aromatic heterocycles. The average Bonchev–Trinajstić information content (AvgIpc) is 2.52. The molecule has 106 valence electrons. The highest BCUT2D eigenvalue weighted by Crippen LogP contribution is 2.19. The van der Waals surface area contributed by atoms with E-state index >= 15 is 0 Å². The number of nitro groups is 1. The predicted molar refractivity (Wildman–Crippen MR) is 73.7 cm³/mol. The lowest BCUT2D eigenvalue weighted by Crippen LogP contribution is -2.04. The number of ether oxygens (including phenoxy) is 1. The summed E-state index contributed by atoms with van der Waals surface area (Å²) >= 11 is 0. The zero-order valence-electron chi connectivity index (χ0n) is 11.1. The van der Waals surface area contributed by atoms with E-state index in [9.17, 15) is 10.1 Å². The first-order valence-corrected chi connectivity index (χ1v) is 5.91. The third-order valence-corrected chi connectivity index (χ3v) is 2.67. The van der Waals surface area contributed by atoms with Crippen LogP contribution in [0, 0.1) is 21.4 Å². The van der Waals surface area contributed by atoms with Crippen LogP contribution in [-0.2, 0) is 6.54 Å². The van der Waals surface area contributed by atoms with E-state index in [4.69, 9.17) is 10.00 Å². The predicted octanol–water partition coefficient (Wildman–Crippen LogP) is 1.88. The summed E-state index contributed by atoms with van der Waals surface area (Å²) in [6.07, 6.45) is 2.71. The van der Waals surface area contributed by atoms with Gasteiger partial charge in [0.05, 0.1) is 12.0 Å². The maximum Gasteiger partial charge on any atom is 0.289 e. The van der Waals surface area contributed by atoms with Crippen molar-refractivity contribution in [3.05, 3.63) is 51.8 Å². The Bertz CT molecular complexity index is 711. The van der Waals surface area contributed by atoms with Crippen LogP contribution in [0.15, 0.2) is 30.6 Å². The van der Waals surface area contributed by atoms with Gasteiger partial charge in [-0.3, -0.25) is 10.1 Å². The Morgan fingerprint density at radius 2 is 2.29 bits per heavy atom. The zero-order valence-corrected chi connectivity index (χ0v) is 11.1. The van der Waals surface area contributed by atoms with Gasteiger partial charge in [0.15, 0.2) is 0 Å². The van der Waals surface area contributed by atoms with E-state index in [0.29, 0.717) is 18.2 Å². The molecule has 0 bridgehead atoms. The molecule has 2 aromatic rings. The molecule has 2 rings (SSSR count). The number of rotatable bonds is 5. The number of nitrogens with one attached hydrogen (secondary N) is 1. The Morgan fingerprint density at radius 3 is 2.95 bits per heavy atom. The summed E-state index contributed by atoms with van der Waals surface area (Å²) in [4.78, 5) is 17.9. The summed E-state index contributed by atoms with van der Waals surface area (Å²) in [5.41, 5.74) is 0.777. The number of hydrogen-bond donors (Lipinski definition) is 1. The van der Waals surface area contributed by atoms with E-state index in [0.717, 1.165) is 11.8 Å². The second kappa shape index (κ2) is 6.29. The molecule has 0 aliphatic rings. The van der Waals surface area contributed by atoms with Gasteiger partial charge in [0.25, 0.3) is 5.69 Å². The van der Waals surface area contributed by atoms with E-state index < -0.39 is 4.92 Å². The highest BCUT2D eigenvalue weighted by atomic mass is 16.6. The molecule has 0 atom stereocenters. The van der Waals surface area contributed by atoms with E-state index in [1.165, 1.54) is 13.2 Å². The van der Waals surface area contributed by atoms with Gasteiger partial charge in [0.2, 0.25) is 5.88 Å². The van der Waals surface area contributed by atoms with Gasteiger partial charge in [-0.2, -0.15) is 5.26 Å². The minimum atomic E-state index is -0.592. The number of aromatic nitrogens is 2. The zero-order chi connectivity index (χ0) is 15.2. The maximum atomic E-state index is 10.6. The Balaban J connectivity index is 2.16. The number of nitriles is 1. The highest BCUT2D eigenvalue weighted by molar-refractivity contribution is 5.55. The fourth-order valence-electron chi connectivity index (χ4n) is 1.64. The van der Waals surface area contributed by atoms with Crippen molar-refractivity contribution in [2.75, 3.05) is 12.4 Å². The fraction of sp³-hybridized carbons (Fsp3) is 0.154. The average molecular weight is 285 g/mol. The molecule has 0 saturated carbocycles. The molecule has 0 saturated heterocycles. The van der Waals surface area contributed by atoms with Crippen molar-refractivity contribution >= 4 is 11.5 Å². The van der Waals surface area contributed by atoms with E-state index in [1.54, 1.807) is 18.3 Å². The van der Waals surface area contributed by atoms with Crippen molar-refractivity contribution in [2.45, 2.75) is 6.54 Å². The van der Waals surface area contributed by atoms with Gasteiger partial charge < -0.3 is 10.1 Å². The molecule has 1 N–H and O–H groups in total. The summed E-state index contributed by atoms with van der Waals surface area (Å²) in [7, 11) is 1.52. The molecule has 2 heterocycles. The SMILES string of the molecule is COc1cc(CNc2ncc([N+](=O)[O-])cc2C#N)ccn1. The molecule has 0 radical (unpaired) electrons. The van der Waals surface area contributed by atoms with Crippen LogP contribution >= 0.6 is 0 Å². The Labute approximate surface area is 120 Å². The normalized spacial score (nSPS) is 9.71.